The van der Waals surface area contributed by atoms with Gasteiger partial charge in [0.2, 0.25) is 5.91 Å². The molecule has 0 spiro atoms. The van der Waals surface area contributed by atoms with E-state index in [1.807, 2.05) is 32.0 Å². The highest BCUT2D eigenvalue weighted by Gasteiger charge is 2.10. The molecule has 7 heteroatoms. The molecule has 0 bridgehead atoms. The van der Waals surface area contributed by atoms with E-state index in [2.05, 4.69) is 10.4 Å². The lowest BCUT2D eigenvalue weighted by molar-refractivity contribution is -0.111. The van der Waals surface area contributed by atoms with Crippen LogP contribution in [0.25, 0.3) is 6.08 Å². The van der Waals surface area contributed by atoms with Crippen LogP contribution in [0.5, 0.6) is 0 Å². The van der Waals surface area contributed by atoms with Crippen molar-refractivity contribution >= 4 is 46.6 Å². The largest absolute Gasteiger partial charge is 0.376 e. The van der Waals surface area contributed by atoms with Crippen molar-refractivity contribution < 1.29 is 4.79 Å². The predicted molar refractivity (Wildman–Crippen MR) is 96.4 cm³/mol. The molecule has 1 aromatic heterocycles. The van der Waals surface area contributed by atoms with Crippen molar-refractivity contribution in [3.05, 3.63) is 45.7 Å². The second-order valence-electron chi connectivity index (χ2n) is 5.29. The van der Waals surface area contributed by atoms with Crippen molar-refractivity contribution in [2.24, 2.45) is 7.05 Å². The molecule has 1 aromatic carbocycles. The first-order valence-electron chi connectivity index (χ1n) is 6.94. The van der Waals surface area contributed by atoms with Crippen molar-refractivity contribution in [1.29, 1.82) is 0 Å². The van der Waals surface area contributed by atoms with Gasteiger partial charge in [-0.1, -0.05) is 23.2 Å². The highest BCUT2D eigenvalue weighted by Crippen LogP contribution is 2.28. The third-order valence-electron chi connectivity index (χ3n) is 3.30. The summed E-state index contributed by atoms with van der Waals surface area (Å²) in [5.74, 6) is -0.269. The Kier molecular flexibility index (Phi) is 5.34. The van der Waals surface area contributed by atoms with E-state index < -0.39 is 0 Å². The van der Waals surface area contributed by atoms with E-state index in [1.54, 1.807) is 29.9 Å². The lowest BCUT2D eigenvalue weighted by Gasteiger charge is -2.17. The SMILES string of the molecule is Cc1nn(C)c(Cl)c1/C=C/C(=O)Nc1cc(Cl)ccc1N(C)C. The van der Waals surface area contributed by atoms with Crippen LogP contribution in [0.1, 0.15) is 11.3 Å². The number of hydrogen-bond donors (Lipinski definition) is 1. The zero-order chi connectivity index (χ0) is 17.1. The van der Waals surface area contributed by atoms with Crippen molar-refractivity contribution in [3.63, 3.8) is 0 Å². The first kappa shape index (κ1) is 17.4. The molecule has 2 aromatic rings. The van der Waals surface area contributed by atoms with Crippen LogP contribution in [-0.4, -0.2) is 29.8 Å². The summed E-state index contributed by atoms with van der Waals surface area (Å²) < 4.78 is 1.57. The van der Waals surface area contributed by atoms with Crippen LogP contribution in [0, 0.1) is 6.92 Å². The second-order valence-corrected chi connectivity index (χ2v) is 6.09. The molecule has 0 fully saturated rings. The van der Waals surface area contributed by atoms with Gasteiger partial charge in [0.15, 0.2) is 0 Å². The highest BCUT2D eigenvalue weighted by atomic mass is 35.5. The summed E-state index contributed by atoms with van der Waals surface area (Å²) in [6.45, 7) is 1.84. The molecule has 0 atom stereocenters. The Morgan fingerprint density at radius 1 is 1.35 bits per heavy atom. The van der Waals surface area contributed by atoms with E-state index in [9.17, 15) is 4.79 Å². The summed E-state index contributed by atoms with van der Waals surface area (Å²) in [7, 11) is 5.54. The van der Waals surface area contributed by atoms with E-state index in [0.29, 0.717) is 15.9 Å². The fraction of sp³-hybridized carbons (Fsp3) is 0.250. The molecule has 0 radical (unpaired) electrons. The number of benzene rings is 1. The number of carbonyl (C=O) groups excluding carboxylic acids is 1. The molecule has 2 rings (SSSR count). The fourth-order valence-electron chi connectivity index (χ4n) is 2.17. The van der Waals surface area contributed by atoms with E-state index in [0.717, 1.165) is 16.9 Å². The number of halogens is 2. The summed E-state index contributed by atoms with van der Waals surface area (Å²) in [5.41, 5.74) is 3.00. The third kappa shape index (κ3) is 4.06. The Bertz CT molecular complexity index is 766. The minimum absolute atomic E-state index is 0.269. The van der Waals surface area contributed by atoms with Gasteiger partial charge in [0.05, 0.1) is 17.1 Å². The van der Waals surface area contributed by atoms with Gasteiger partial charge < -0.3 is 10.2 Å². The van der Waals surface area contributed by atoms with Crippen molar-refractivity contribution in [2.75, 3.05) is 24.3 Å². The van der Waals surface area contributed by atoms with Gasteiger partial charge in [0.1, 0.15) is 5.15 Å². The van der Waals surface area contributed by atoms with Gasteiger partial charge in [-0.05, 0) is 31.2 Å². The Balaban J connectivity index is 2.20. The van der Waals surface area contributed by atoms with Crippen molar-refractivity contribution in [1.82, 2.24) is 9.78 Å². The topological polar surface area (TPSA) is 50.2 Å². The molecule has 0 aliphatic heterocycles. The summed E-state index contributed by atoms with van der Waals surface area (Å²) in [5, 5.41) is 8.07. The van der Waals surface area contributed by atoms with Gasteiger partial charge in [0, 0.05) is 37.8 Å². The normalized spacial score (nSPS) is 11.0. The Hall–Kier alpha value is -1.98. The minimum Gasteiger partial charge on any atom is -0.376 e. The lowest BCUT2D eigenvalue weighted by atomic mass is 10.2. The fourth-order valence-corrected chi connectivity index (χ4v) is 2.58. The Morgan fingerprint density at radius 3 is 2.61 bits per heavy atom. The van der Waals surface area contributed by atoms with Crippen LogP contribution in [0.3, 0.4) is 0 Å². The maximum Gasteiger partial charge on any atom is 0.248 e. The molecule has 1 amide bonds. The number of rotatable bonds is 4. The quantitative estimate of drug-likeness (QED) is 0.852. The number of anilines is 2. The molecule has 1 heterocycles. The highest BCUT2D eigenvalue weighted by molar-refractivity contribution is 6.31. The van der Waals surface area contributed by atoms with Gasteiger partial charge in [-0.3, -0.25) is 9.48 Å². The predicted octanol–water partition coefficient (Wildman–Crippen LogP) is 3.75. The molecule has 23 heavy (non-hydrogen) atoms. The molecule has 5 nitrogen and oxygen atoms in total. The maximum atomic E-state index is 12.2. The number of hydrogen-bond acceptors (Lipinski definition) is 3. The molecule has 0 saturated heterocycles. The van der Waals surface area contributed by atoms with Crippen LogP contribution in [-0.2, 0) is 11.8 Å². The molecule has 1 N–H and O–H groups in total. The molecule has 0 saturated carbocycles. The van der Waals surface area contributed by atoms with E-state index in [1.165, 1.54) is 6.08 Å². The van der Waals surface area contributed by atoms with Crippen LogP contribution in [0.4, 0.5) is 11.4 Å². The average Bonchev–Trinajstić information content (AvgIpc) is 2.70. The number of nitrogens with one attached hydrogen (secondary N) is 1. The molecule has 0 aliphatic carbocycles. The number of amides is 1. The second kappa shape index (κ2) is 7.06. The summed E-state index contributed by atoms with van der Waals surface area (Å²) in [6.07, 6.45) is 3.08. The van der Waals surface area contributed by atoms with E-state index >= 15 is 0 Å². The van der Waals surface area contributed by atoms with Gasteiger partial charge in [-0.25, -0.2) is 0 Å². The lowest BCUT2D eigenvalue weighted by Crippen LogP contribution is -2.15. The number of aryl methyl sites for hydroxylation is 2. The third-order valence-corrected chi connectivity index (χ3v) is 3.98. The molecule has 0 aliphatic rings. The number of nitrogens with zero attached hydrogens (tertiary/aromatic N) is 3. The van der Waals surface area contributed by atoms with Crippen LogP contribution in [0.2, 0.25) is 10.2 Å². The Morgan fingerprint density at radius 2 is 2.04 bits per heavy atom. The molecular weight excluding hydrogens is 335 g/mol. The van der Waals surface area contributed by atoms with Crippen LogP contribution in [0.15, 0.2) is 24.3 Å². The number of aromatic nitrogens is 2. The summed E-state index contributed by atoms with van der Waals surface area (Å²) in [4.78, 5) is 14.1. The molecule has 122 valence electrons. The van der Waals surface area contributed by atoms with Crippen LogP contribution >= 0.6 is 23.2 Å². The zero-order valence-electron chi connectivity index (χ0n) is 13.4. The van der Waals surface area contributed by atoms with Gasteiger partial charge in [0.25, 0.3) is 0 Å². The van der Waals surface area contributed by atoms with Gasteiger partial charge in [-0.2, -0.15) is 5.10 Å². The minimum atomic E-state index is -0.269. The molecule has 0 unspecified atom stereocenters. The summed E-state index contributed by atoms with van der Waals surface area (Å²) >= 11 is 12.1. The van der Waals surface area contributed by atoms with Gasteiger partial charge >= 0.3 is 0 Å². The Labute approximate surface area is 145 Å². The smallest absolute Gasteiger partial charge is 0.248 e. The monoisotopic (exact) mass is 352 g/mol. The average molecular weight is 353 g/mol. The standard InChI is InChI=1S/C16H18Cl2N4O/c1-10-12(16(18)22(4)20-10)6-8-15(23)19-13-9-11(17)5-7-14(13)21(2)3/h5-9H,1-4H3,(H,19,23)/b8-6+. The first-order chi connectivity index (χ1) is 10.8. The first-order valence-corrected chi connectivity index (χ1v) is 7.70. The van der Waals surface area contributed by atoms with E-state index in [4.69, 9.17) is 23.2 Å². The van der Waals surface area contributed by atoms with Gasteiger partial charge in [-0.15, -0.1) is 0 Å². The van der Waals surface area contributed by atoms with E-state index in [-0.39, 0.29) is 5.91 Å². The molecular formula is C16H18Cl2N4O. The van der Waals surface area contributed by atoms with Crippen molar-refractivity contribution in [3.8, 4) is 0 Å². The number of carbonyl (C=O) groups is 1. The van der Waals surface area contributed by atoms with Crippen molar-refractivity contribution in [2.45, 2.75) is 6.92 Å². The maximum absolute atomic E-state index is 12.2. The zero-order valence-corrected chi connectivity index (χ0v) is 14.9. The van der Waals surface area contributed by atoms with Crippen LogP contribution < -0.4 is 10.2 Å². The summed E-state index contributed by atoms with van der Waals surface area (Å²) in [6, 6.07) is 5.34.